The van der Waals surface area contributed by atoms with E-state index in [0.717, 1.165) is 47.3 Å². The fourth-order valence-corrected chi connectivity index (χ4v) is 4.40. The average molecular weight is 401 g/mol. The number of aromatic nitrogens is 1. The number of aryl methyl sites for hydroxylation is 1. The first-order chi connectivity index (χ1) is 13.1. The molecule has 0 bridgehead atoms. The van der Waals surface area contributed by atoms with Crippen LogP contribution in [0.15, 0.2) is 36.4 Å². The van der Waals surface area contributed by atoms with Gasteiger partial charge in [-0.15, -0.1) is 11.3 Å². The van der Waals surface area contributed by atoms with Crippen LogP contribution in [-0.2, 0) is 11.2 Å². The highest BCUT2D eigenvalue weighted by molar-refractivity contribution is 7.15. The summed E-state index contributed by atoms with van der Waals surface area (Å²) in [6.07, 6.45) is 3.14. The summed E-state index contributed by atoms with van der Waals surface area (Å²) >= 11 is 7.89. The number of thiophene rings is 1. The number of rotatable bonds is 5. The Kier molecular flexibility index (Phi) is 5.43. The number of halogens is 1. The summed E-state index contributed by atoms with van der Waals surface area (Å²) in [5, 5.41) is 4.38. The molecule has 1 aliphatic rings. The number of hydrogen-bond donors (Lipinski definition) is 1. The van der Waals surface area contributed by atoms with Crippen LogP contribution < -0.4 is 5.32 Å². The van der Waals surface area contributed by atoms with Gasteiger partial charge < -0.3 is 10.1 Å². The minimum absolute atomic E-state index is 0.106. The maximum atomic E-state index is 12.9. The van der Waals surface area contributed by atoms with Crippen molar-refractivity contribution in [1.82, 2.24) is 10.3 Å². The van der Waals surface area contributed by atoms with E-state index >= 15 is 0 Å². The van der Waals surface area contributed by atoms with Crippen molar-refractivity contribution in [2.24, 2.45) is 0 Å². The fourth-order valence-electron chi connectivity index (χ4n) is 3.32. The number of amides is 1. The normalized spacial score (nSPS) is 16.7. The maximum absolute atomic E-state index is 12.9. The smallest absolute Gasteiger partial charge is 0.252 e. The van der Waals surface area contributed by atoms with E-state index in [2.05, 4.69) is 24.4 Å². The van der Waals surface area contributed by atoms with Crippen molar-refractivity contribution in [1.29, 1.82) is 0 Å². The van der Waals surface area contributed by atoms with E-state index in [-0.39, 0.29) is 12.0 Å². The SMILES string of the molecule is CCc1ccc(-c2cc(C(=O)NC[C@@H]3CCCO3)c3cc(Cl)ccc3n2)s1. The van der Waals surface area contributed by atoms with Crippen molar-refractivity contribution in [3.05, 3.63) is 51.9 Å². The highest BCUT2D eigenvalue weighted by Crippen LogP contribution is 2.31. The second-order valence-electron chi connectivity index (χ2n) is 6.68. The Hall–Kier alpha value is -1.95. The molecule has 0 radical (unpaired) electrons. The average Bonchev–Trinajstić information content (AvgIpc) is 3.37. The molecule has 1 aliphatic heterocycles. The highest BCUT2D eigenvalue weighted by atomic mass is 35.5. The predicted molar refractivity (Wildman–Crippen MR) is 111 cm³/mol. The zero-order valence-electron chi connectivity index (χ0n) is 15.1. The van der Waals surface area contributed by atoms with E-state index in [0.29, 0.717) is 17.1 Å². The third-order valence-corrected chi connectivity index (χ3v) is 6.28. The van der Waals surface area contributed by atoms with Gasteiger partial charge in [-0.1, -0.05) is 18.5 Å². The summed E-state index contributed by atoms with van der Waals surface area (Å²) in [4.78, 5) is 20.1. The Labute approximate surface area is 167 Å². The van der Waals surface area contributed by atoms with Crippen LogP contribution in [0.4, 0.5) is 0 Å². The van der Waals surface area contributed by atoms with Gasteiger partial charge in [-0.05, 0) is 55.7 Å². The van der Waals surface area contributed by atoms with Crippen molar-refractivity contribution in [2.75, 3.05) is 13.2 Å². The third-order valence-electron chi connectivity index (χ3n) is 4.79. The molecule has 140 valence electrons. The molecule has 3 heterocycles. The zero-order chi connectivity index (χ0) is 18.8. The van der Waals surface area contributed by atoms with Crippen LogP contribution in [0.3, 0.4) is 0 Å². The first-order valence-electron chi connectivity index (χ1n) is 9.23. The third kappa shape index (κ3) is 4.00. The lowest BCUT2D eigenvalue weighted by atomic mass is 10.1. The van der Waals surface area contributed by atoms with Crippen molar-refractivity contribution < 1.29 is 9.53 Å². The van der Waals surface area contributed by atoms with Crippen molar-refractivity contribution in [3.8, 4) is 10.6 Å². The van der Waals surface area contributed by atoms with Gasteiger partial charge in [0.1, 0.15) is 0 Å². The van der Waals surface area contributed by atoms with Crippen LogP contribution in [0.25, 0.3) is 21.5 Å². The number of nitrogens with one attached hydrogen (secondary N) is 1. The molecule has 4 rings (SSSR count). The Morgan fingerprint density at radius 1 is 1.33 bits per heavy atom. The molecular formula is C21H21ClN2O2S. The van der Waals surface area contributed by atoms with E-state index in [1.54, 1.807) is 23.5 Å². The Morgan fingerprint density at radius 2 is 2.22 bits per heavy atom. The lowest BCUT2D eigenvalue weighted by molar-refractivity contribution is 0.0859. The predicted octanol–water partition coefficient (Wildman–Crippen LogP) is 5.09. The molecule has 0 aliphatic carbocycles. The second kappa shape index (κ2) is 7.97. The van der Waals surface area contributed by atoms with Crippen LogP contribution in [0.5, 0.6) is 0 Å². The molecule has 2 aromatic heterocycles. The first-order valence-corrected chi connectivity index (χ1v) is 10.4. The first kappa shape index (κ1) is 18.4. The van der Waals surface area contributed by atoms with Gasteiger partial charge in [-0.3, -0.25) is 4.79 Å². The number of ether oxygens (including phenoxy) is 1. The highest BCUT2D eigenvalue weighted by Gasteiger charge is 2.19. The molecule has 0 saturated carbocycles. The van der Waals surface area contributed by atoms with Gasteiger partial charge in [0.05, 0.1) is 27.8 Å². The van der Waals surface area contributed by atoms with Crippen molar-refractivity contribution in [2.45, 2.75) is 32.3 Å². The van der Waals surface area contributed by atoms with Crippen LogP contribution in [0.2, 0.25) is 5.02 Å². The zero-order valence-corrected chi connectivity index (χ0v) is 16.7. The molecule has 6 heteroatoms. The lowest BCUT2D eigenvalue weighted by Gasteiger charge is -2.13. The van der Waals surface area contributed by atoms with Crippen LogP contribution in [0, 0.1) is 0 Å². The van der Waals surface area contributed by atoms with Crippen LogP contribution in [0.1, 0.15) is 35.0 Å². The molecule has 1 N–H and O–H groups in total. The summed E-state index contributed by atoms with van der Waals surface area (Å²) in [6, 6.07) is 11.5. The van der Waals surface area contributed by atoms with E-state index in [1.807, 2.05) is 12.1 Å². The molecule has 3 aromatic rings. The number of fused-ring (bicyclic) bond motifs is 1. The van der Waals surface area contributed by atoms with E-state index in [9.17, 15) is 4.79 Å². The second-order valence-corrected chi connectivity index (χ2v) is 8.29. The maximum Gasteiger partial charge on any atom is 0.252 e. The molecule has 1 fully saturated rings. The number of carbonyl (C=O) groups excluding carboxylic acids is 1. The summed E-state index contributed by atoms with van der Waals surface area (Å²) in [5.74, 6) is -0.117. The lowest BCUT2D eigenvalue weighted by Crippen LogP contribution is -2.31. The monoisotopic (exact) mass is 400 g/mol. The number of carbonyl (C=O) groups is 1. The van der Waals surface area contributed by atoms with Crippen molar-refractivity contribution >= 4 is 39.7 Å². The van der Waals surface area contributed by atoms with Crippen LogP contribution in [-0.4, -0.2) is 30.1 Å². The Bertz CT molecular complexity index is 979. The number of nitrogens with zero attached hydrogens (tertiary/aromatic N) is 1. The molecule has 1 saturated heterocycles. The molecule has 1 amide bonds. The van der Waals surface area contributed by atoms with E-state index < -0.39 is 0 Å². The molecule has 0 spiro atoms. The van der Waals surface area contributed by atoms with Crippen molar-refractivity contribution in [3.63, 3.8) is 0 Å². The quantitative estimate of drug-likeness (QED) is 0.649. The molecule has 4 nitrogen and oxygen atoms in total. The van der Waals surface area contributed by atoms with Gasteiger partial charge in [-0.2, -0.15) is 0 Å². The largest absolute Gasteiger partial charge is 0.376 e. The van der Waals surface area contributed by atoms with Gasteiger partial charge in [0.25, 0.3) is 5.91 Å². The Morgan fingerprint density at radius 3 is 2.96 bits per heavy atom. The van der Waals surface area contributed by atoms with E-state index in [4.69, 9.17) is 21.3 Å². The minimum atomic E-state index is -0.117. The fraction of sp³-hybridized carbons (Fsp3) is 0.333. The number of hydrogen-bond acceptors (Lipinski definition) is 4. The molecule has 27 heavy (non-hydrogen) atoms. The topological polar surface area (TPSA) is 51.2 Å². The minimum Gasteiger partial charge on any atom is -0.376 e. The summed E-state index contributed by atoms with van der Waals surface area (Å²) in [7, 11) is 0. The van der Waals surface area contributed by atoms with Gasteiger partial charge in [0, 0.05) is 28.4 Å². The standard InChI is InChI=1S/C21H21ClN2O2S/c1-2-15-6-8-20(27-15)19-11-17(16-10-13(22)5-7-18(16)24-19)21(25)23-12-14-4-3-9-26-14/h5-8,10-11,14H,2-4,9,12H2,1H3,(H,23,25)/t14-/m0/s1. The molecular weight excluding hydrogens is 380 g/mol. The summed E-state index contributed by atoms with van der Waals surface area (Å²) in [5.41, 5.74) is 2.18. The van der Waals surface area contributed by atoms with Gasteiger partial charge in [-0.25, -0.2) is 4.98 Å². The summed E-state index contributed by atoms with van der Waals surface area (Å²) < 4.78 is 5.61. The summed E-state index contributed by atoms with van der Waals surface area (Å²) in [6.45, 7) is 3.43. The van der Waals surface area contributed by atoms with Gasteiger partial charge >= 0.3 is 0 Å². The number of pyridine rings is 1. The molecule has 1 aromatic carbocycles. The van der Waals surface area contributed by atoms with Gasteiger partial charge in [0.15, 0.2) is 0 Å². The molecule has 1 atom stereocenters. The molecule has 0 unspecified atom stereocenters. The van der Waals surface area contributed by atoms with E-state index in [1.165, 1.54) is 4.88 Å². The number of benzene rings is 1. The Balaban J connectivity index is 1.71. The van der Waals surface area contributed by atoms with Crippen LogP contribution >= 0.6 is 22.9 Å². The van der Waals surface area contributed by atoms with Gasteiger partial charge in [0.2, 0.25) is 0 Å².